The average molecular weight is 284 g/mol. The van der Waals surface area contributed by atoms with Crippen LogP contribution in [0, 0.1) is 6.92 Å². The molecule has 0 saturated carbocycles. The summed E-state index contributed by atoms with van der Waals surface area (Å²) in [5.41, 5.74) is 0. The minimum atomic E-state index is 0. The molecule has 0 radical (unpaired) electrons. The molecule has 0 unspecified atom stereocenters. The molecule has 0 aromatic rings. The molecule has 0 aliphatic heterocycles. The third kappa shape index (κ3) is 6.65. The van der Waals surface area contributed by atoms with Crippen molar-refractivity contribution in [3.63, 3.8) is 0 Å². The van der Waals surface area contributed by atoms with Gasteiger partial charge in [0.1, 0.15) is 0 Å². The van der Waals surface area contributed by atoms with Gasteiger partial charge >= 0.3 is 0 Å². The van der Waals surface area contributed by atoms with Crippen LogP contribution in [-0.2, 0) is 21.1 Å². The van der Waals surface area contributed by atoms with E-state index in [4.69, 9.17) is 0 Å². The fourth-order valence-corrected chi connectivity index (χ4v) is 0.494. The Hall–Kier alpha value is 0.648. The van der Waals surface area contributed by atoms with Crippen LogP contribution in [0.4, 0.5) is 0 Å². The molecule has 0 aromatic heterocycles. The van der Waals surface area contributed by atoms with E-state index in [0.717, 1.165) is 6.54 Å². The van der Waals surface area contributed by atoms with Crippen LogP contribution in [0.25, 0.3) is 0 Å². The van der Waals surface area contributed by atoms with Gasteiger partial charge in [-0.3, -0.25) is 0 Å². The number of rotatable bonds is 3. The summed E-state index contributed by atoms with van der Waals surface area (Å²) in [6.07, 6.45) is 1.23. The summed E-state index contributed by atoms with van der Waals surface area (Å²) in [7, 11) is 2.08. The third-order valence-electron chi connectivity index (χ3n) is 0.987. The van der Waals surface area contributed by atoms with Gasteiger partial charge in [-0.2, -0.15) is 0 Å². The second-order valence-electron chi connectivity index (χ2n) is 1.80. The van der Waals surface area contributed by atoms with Gasteiger partial charge in [-0.15, -0.1) is 6.54 Å². The van der Waals surface area contributed by atoms with E-state index in [2.05, 4.69) is 25.8 Å². The first-order valence-corrected chi connectivity index (χ1v) is 2.79. The van der Waals surface area contributed by atoms with Crippen molar-refractivity contribution in [2.24, 2.45) is 0 Å². The van der Waals surface area contributed by atoms with E-state index in [0.29, 0.717) is 0 Å². The third-order valence-corrected chi connectivity index (χ3v) is 0.987. The maximum atomic E-state index is 3.73. The van der Waals surface area contributed by atoms with Gasteiger partial charge in [0.25, 0.3) is 0 Å². The van der Waals surface area contributed by atoms with Gasteiger partial charge < -0.3 is 11.8 Å². The zero-order valence-electron chi connectivity index (χ0n) is 5.68. The van der Waals surface area contributed by atoms with Gasteiger partial charge in [-0.25, -0.2) is 0 Å². The van der Waals surface area contributed by atoms with Crippen molar-refractivity contribution < 1.29 is 21.1 Å². The zero-order valence-corrected chi connectivity index (χ0v) is 8.62. The Morgan fingerprint density at radius 2 is 2.00 bits per heavy atom. The molecule has 0 saturated heterocycles. The molecule has 2 heteroatoms. The molecule has 50 valence electrons. The summed E-state index contributed by atoms with van der Waals surface area (Å²) >= 11 is 0. The topological polar surface area (TPSA) is 3.24 Å². The van der Waals surface area contributed by atoms with Crippen LogP contribution >= 0.6 is 0 Å². The van der Waals surface area contributed by atoms with E-state index in [1.165, 1.54) is 13.0 Å². The van der Waals surface area contributed by atoms with Crippen LogP contribution in [0.15, 0.2) is 0 Å². The molecule has 0 aliphatic carbocycles. The van der Waals surface area contributed by atoms with Gasteiger partial charge in [-0.1, -0.05) is 6.92 Å². The summed E-state index contributed by atoms with van der Waals surface area (Å²) in [6, 6.07) is 0. The normalized spacial score (nSPS) is 9.00. The Bertz CT molecular complexity index is 39.5. The quantitative estimate of drug-likeness (QED) is 0.703. The molecule has 1 nitrogen and oxygen atoms in total. The van der Waals surface area contributed by atoms with Crippen LogP contribution in [0.3, 0.4) is 0 Å². The average Bonchev–Trinajstić information content (AvgIpc) is 1.68. The summed E-state index contributed by atoms with van der Waals surface area (Å²) in [4.78, 5) is 2.19. The van der Waals surface area contributed by atoms with E-state index >= 15 is 0 Å². The molecule has 0 amide bonds. The Balaban J connectivity index is 0. The van der Waals surface area contributed by atoms with Gasteiger partial charge in [-0.05, 0) is 20.0 Å². The van der Waals surface area contributed by atoms with Crippen molar-refractivity contribution in [1.29, 1.82) is 0 Å². The molecule has 0 spiro atoms. The van der Waals surface area contributed by atoms with Crippen LogP contribution in [-0.4, -0.2) is 25.0 Å². The van der Waals surface area contributed by atoms with Crippen molar-refractivity contribution in [2.75, 3.05) is 20.1 Å². The fraction of sp³-hybridized carbons (Fsp3) is 0.833. The standard InChI is InChI=1S/C6H14N.W/c1-4-6-7(3)5-2;/h2,4-6H2,1,3H3;/q-1;. The molecule has 0 aromatic carbocycles. The van der Waals surface area contributed by atoms with Gasteiger partial charge in [0.05, 0.1) is 0 Å². The van der Waals surface area contributed by atoms with Gasteiger partial charge in [0.15, 0.2) is 0 Å². The second-order valence-corrected chi connectivity index (χ2v) is 1.80. The molecular weight excluding hydrogens is 270 g/mol. The van der Waals surface area contributed by atoms with E-state index < -0.39 is 0 Å². The van der Waals surface area contributed by atoms with Crippen LogP contribution in [0.2, 0.25) is 0 Å². The predicted octanol–water partition coefficient (Wildman–Crippen LogP) is 1.16. The molecule has 0 heterocycles. The monoisotopic (exact) mass is 284 g/mol. The first-order chi connectivity index (χ1) is 3.31. The molecule has 8 heavy (non-hydrogen) atoms. The first kappa shape index (κ1) is 11.4. The molecule has 0 aliphatic rings. The summed E-state index contributed by atoms with van der Waals surface area (Å²) in [5.74, 6) is 0. The van der Waals surface area contributed by atoms with Crippen LogP contribution in [0.5, 0.6) is 0 Å². The van der Waals surface area contributed by atoms with Crippen molar-refractivity contribution in [2.45, 2.75) is 13.3 Å². The summed E-state index contributed by atoms with van der Waals surface area (Å²) in [5, 5.41) is 0. The Labute approximate surface area is 66.7 Å². The largest absolute Gasteiger partial charge is 0.336 e. The minimum absolute atomic E-state index is 0. The fourth-order valence-electron chi connectivity index (χ4n) is 0.494. The van der Waals surface area contributed by atoms with Crippen molar-refractivity contribution in [3.8, 4) is 0 Å². The molecule has 0 rings (SSSR count). The van der Waals surface area contributed by atoms with Crippen molar-refractivity contribution in [3.05, 3.63) is 6.92 Å². The summed E-state index contributed by atoms with van der Waals surface area (Å²) < 4.78 is 0. The maximum absolute atomic E-state index is 3.73. The maximum Gasteiger partial charge on any atom is 0 e. The molecule has 0 atom stereocenters. The minimum Gasteiger partial charge on any atom is -0.336 e. The van der Waals surface area contributed by atoms with E-state index in [9.17, 15) is 0 Å². The predicted molar refractivity (Wildman–Crippen MR) is 33.1 cm³/mol. The Kier molecular flexibility index (Phi) is 10.9. The van der Waals surface area contributed by atoms with E-state index in [1.54, 1.807) is 0 Å². The van der Waals surface area contributed by atoms with E-state index in [1.807, 2.05) is 0 Å². The van der Waals surface area contributed by atoms with Crippen molar-refractivity contribution >= 4 is 0 Å². The van der Waals surface area contributed by atoms with E-state index in [-0.39, 0.29) is 21.1 Å². The smallest absolute Gasteiger partial charge is 0 e. The molecule has 0 N–H and O–H groups in total. The zero-order chi connectivity index (χ0) is 5.70. The molecule has 0 fully saturated rings. The molecular formula is C6H14NW-. The van der Waals surface area contributed by atoms with Crippen molar-refractivity contribution in [1.82, 2.24) is 4.90 Å². The number of hydrogen-bond acceptors (Lipinski definition) is 1. The molecule has 0 bridgehead atoms. The number of hydrogen-bond donors (Lipinski definition) is 0. The summed E-state index contributed by atoms with van der Waals surface area (Å²) in [6.45, 7) is 8.00. The Morgan fingerprint density at radius 3 is 2.12 bits per heavy atom. The van der Waals surface area contributed by atoms with Gasteiger partial charge in [0, 0.05) is 21.1 Å². The Morgan fingerprint density at radius 1 is 1.50 bits per heavy atom. The van der Waals surface area contributed by atoms with Crippen LogP contribution in [0.1, 0.15) is 13.3 Å². The second kappa shape index (κ2) is 7.65. The number of nitrogens with zero attached hydrogens (tertiary/aromatic N) is 1. The SMILES string of the molecule is [CH2-]CN(C)CCC.[W]. The van der Waals surface area contributed by atoms with Crippen LogP contribution < -0.4 is 0 Å². The first-order valence-electron chi connectivity index (χ1n) is 2.79. The van der Waals surface area contributed by atoms with Gasteiger partial charge in [0.2, 0.25) is 0 Å².